The van der Waals surface area contributed by atoms with Crippen molar-refractivity contribution in [3.05, 3.63) is 0 Å². The van der Waals surface area contributed by atoms with E-state index >= 15 is 0 Å². The van der Waals surface area contributed by atoms with E-state index in [1.807, 2.05) is 6.92 Å². The summed E-state index contributed by atoms with van der Waals surface area (Å²) in [6, 6.07) is -0.242. The molecule has 3 atom stereocenters. The van der Waals surface area contributed by atoms with E-state index in [1.165, 1.54) is 7.11 Å². The summed E-state index contributed by atoms with van der Waals surface area (Å²) >= 11 is 0. The second-order valence-corrected chi connectivity index (χ2v) is 7.13. The molecule has 3 unspecified atom stereocenters. The first-order valence-corrected chi connectivity index (χ1v) is 8.58. The van der Waals surface area contributed by atoms with Crippen LogP contribution in [0.25, 0.3) is 0 Å². The number of sulfonamides is 1. The smallest absolute Gasteiger partial charge is 0.310 e. The lowest BCUT2D eigenvalue weighted by molar-refractivity contribution is -0.145. The zero-order valence-corrected chi connectivity index (χ0v) is 13.2. The van der Waals surface area contributed by atoms with E-state index in [0.717, 1.165) is 12.8 Å². The summed E-state index contributed by atoms with van der Waals surface area (Å²) < 4.78 is 37.3. The molecule has 7 heteroatoms. The Morgan fingerprint density at radius 2 is 2.05 bits per heavy atom. The number of carbonyl (C=O) groups excluding carboxylic acids is 1. The van der Waals surface area contributed by atoms with E-state index < -0.39 is 27.2 Å². The number of rotatable bonds is 8. The fourth-order valence-electron chi connectivity index (χ4n) is 2.76. The lowest BCUT2D eigenvalue weighted by Gasteiger charge is -2.23. The van der Waals surface area contributed by atoms with Gasteiger partial charge in [-0.25, -0.2) is 13.1 Å². The van der Waals surface area contributed by atoms with Gasteiger partial charge in [0.25, 0.3) is 0 Å². The Kier molecular flexibility index (Phi) is 6.91. The lowest BCUT2D eigenvalue weighted by Crippen LogP contribution is -2.45. The van der Waals surface area contributed by atoms with Crippen molar-refractivity contribution in [2.45, 2.75) is 50.3 Å². The van der Waals surface area contributed by atoms with Gasteiger partial charge in [0.1, 0.15) is 0 Å². The van der Waals surface area contributed by atoms with Crippen molar-refractivity contribution in [2.24, 2.45) is 5.92 Å². The van der Waals surface area contributed by atoms with Crippen LogP contribution in [-0.2, 0) is 24.3 Å². The van der Waals surface area contributed by atoms with E-state index in [1.54, 1.807) is 7.11 Å². The van der Waals surface area contributed by atoms with Crippen LogP contribution in [0.4, 0.5) is 0 Å². The van der Waals surface area contributed by atoms with Crippen LogP contribution in [0.2, 0.25) is 0 Å². The first-order valence-electron chi connectivity index (χ1n) is 7.04. The molecule has 0 saturated heterocycles. The van der Waals surface area contributed by atoms with Gasteiger partial charge in [0.05, 0.1) is 24.9 Å². The van der Waals surface area contributed by atoms with Gasteiger partial charge in [0.15, 0.2) is 0 Å². The molecule has 0 aromatic heterocycles. The SMILES string of the molecule is CCCC(COC)NS(=O)(=O)C1CCCC1C(=O)OC. The minimum absolute atomic E-state index is 0.242. The average Bonchev–Trinajstić information content (AvgIpc) is 2.88. The Labute approximate surface area is 121 Å². The standard InChI is InChI=1S/C13H25NO5S/c1-4-6-10(9-18-2)14-20(16,17)12-8-5-7-11(12)13(15)19-3/h10-12,14H,4-9H2,1-3H3. The quantitative estimate of drug-likeness (QED) is 0.678. The fraction of sp³-hybridized carbons (Fsp3) is 0.923. The molecule has 0 heterocycles. The summed E-state index contributed by atoms with van der Waals surface area (Å²) in [7, 11) is -0.699. The summed E-state index contributed by atoms with van der Waals surface area (Å²) in [4.78, 5) is 11.7. The Morgan fingerprint density at radius 1 is 1.35 bits per heavy atom. The number of hydrogen-bond acceptors (Lipinski definition) is 5. The van der Waals surface area contributed by atoms with Crippen molar-refractivity contribution in [3.8, 4) is 0 Å². The highest BCUT2D eigenvalue weighted by atomic mass is 32.2. The number of esters is 1. The van der Waals surface area contributed by atoms with Crippen LogP contribution < -0.4 is 4.72 Å². The van der Waals surface area contributed by atoms with Crippen LogP contribution in [0.3, 0.4) is 0 Å². The number of hydrogen-bond donors (Lipinski definition) is 1. The van der Waals surface area contributed by atoms with Crippen LogP contribution in [0, 0.1) is 5.92 Å². The summed E-state index contributed by atoms with van der Waals surface area (Å²) in [5.74, 6) is -0.987. The highest BCUT2D eigenvalue weighted by Gasteiger charge is 2.42. The summed E-state index contributed by atoms with van der Waals surface area (Å²) in [5.41, 5.74) is 0. The molecule has 0 aromatic rings. The lowest BCUT2D eigenvalue weighted by atomic mass is 10.1. The minimum atomic E-state index is -3.54. The predicted molar refractivity (Wildman–Crippen MR) is 75.8 cm³/mol. The van der Waals surface area contributed by atoms with Crippen molar-refractivity contribution in [1.82, 2.24) is 4.72 Å². The third-order valence-electron chi connectivity index (χ3n) is 3.69. The van der Waals surface area contributed by atoms with Crippen molar-refractivity contribution >= 4 is 16.0 Å². The van der Waals surface area contributed by atoms with E-state index in [2.05, 4.69) is 4.72 Å². The van der Waals surface area contributed by atoms with Crippen molar-refractivity contribution in [1.29, 1.82) is 0 Å². The highest BCUT2D eigenvalue weighted by Crippen LogP contribution is 2.31. The maximum Gasteiger partial charge on any atom is 0.310 e. The molecule has 6 nitrogen and oxygen atoms in total. The zero-order chi connectivity index (χ0) is 15.2. The van der Waals surface area contributed by atoms with Gasteiger partial charge in [-0.2, -0.15) is 0 Å². The third kappa shape index (κ3) is 4.43. The molecular formula is C13H25NO5S. The van der Waals surface area contributed by atoms with Crippen LogP contribution in [-0.4, -0.2) is 46.5 Å². The summed E-state index contributed by atoms with van der Waals surface area (Å²) in [5, 5.41) is -0.689. The molecule has 0 aromatic carbocycles. The molecule has 1 saturated carbocycles. The van der Waals surface area contributed by atoms with E-state index in [9.17, 15) is 13.2 Å². The van der Waals surface area contributed by atoms with Crippen molar-refractivity contribution in [2.75, 3.05) is 20.8 Å². The largest absolute Gasteiger partial charge is 0.469 e. The highest BCUT2D eigenvalue weighted by molar-refractivity contribution is 7.90. The van der Waals surface area contributed by atoms with Crippen LogP contribution in [0.15, 0.2) is 0 Å². The Hall–Kier alpha value is -0.660. The van der Waals surface area contributed by atoms with Gasteiger partial charge in [0.2, 0.25) is 10.0 Å². The number of nitrogens with one attached hydrogen (secondary N) is 1. The second kappa shape index (κ2) is 7.95. The number of methoxy groups -OCH3 is 2. The average molecular weight is 307 g/mol. The molecule has 0 aliphatic heterocycles. The Balaban J connectivity index is 2.78. The minimum Gasteiger partial charge on any atom is -0.469 e. The van der Waals surface area contributed by atoms with Crippen molar-refractivity contribution in [3.63, 3.8) is 0 Å². The molecule has 20 heavy (non-hydrogen) atoms. The molecule has 1 aliphatic carbocycles. The van der Waals surface area contributed by atoms with Crippen molar-refractivity contribution < 1.29 is 22.7 Å². The Morgan fingerprint density at radius 3 is 2.60 bits per heavy atom. The summed E-state index contributed by atoms with van der Waals surface area (Å²) in [6.45, 7) is 2.33. The Bertz CT molecular complexity index is 403. The van der Waals surface area contributed by atoms with Crippen LogP contribution in [0.5, 0.6) is 0 Å². The maximum absolute atomic E-state index is 12.4. The molecule has 1 fully saturated rings. The molecule has 1 aliphatic rings. The first kappa shape index (κ1) is 17.4. The van der Waals surface area contributed by atoms with E-state index in [4.69, 9.17) is 9.47 Å². The second-order valence-electron chi connectivity index (χ2n) is 5.20. The molecule has 1 N–H and O–H groups in total. The summed E-state index contributed by atoms with van der Waals surface area (Å²) in [6.07, 6.45) is 3.38. The zero-order valence-electron chi connectivity index (χ0n) is 12.4. The molecule has 1 rings (SSSR count). The van der Waals surface area contributed by atoms with Gasteiger partial charge in [-0.1, -0.05) is 19.8 Å². The van der Waals surface area contributed by atoms with Gasteiger partial charge in [-0.15, -0.1) is 0 Å². The maximum atomic E-state index is 12.4. The molecular weight excluding hydrogens is 282 g/mol. The number of ether oxygens (including phenoxy) is 2. The van der Waals surface area contributed by atoms with Crippen LogP contribution >= 0.6 is 0 Å². The molecule has 0 spiro atoms. The van der Waals surface area contributed by atoms with E-state index in [-0.39, 0.29) is 6.04 Å². The molecule has 0 amide bonds. The molecule has 0 radical (unpaired) electrons. The van der Waals surface area contributed by atoms with Gasteiger partial charge in [-0.3, -0.25) is 4.79 Å². The van der Waals surface area contributed by atoms with Gasteiger partial charge >= 0.3 is 5.97 Å². The fourth-order valence-corrected chi connectivity index (χ4v) is 4.75. The predicted octanol–water partition coefficient (Wildman–Crippen LogP) is 1.06. The van der Waals surface area contributed by atoms with Crippen LogP contribution in [0.1, 0.15) is 39.0 Å². The molecule has 118 valence electrons. The third-order valence-corrected chi connectivity index (χ3v) is 5.71. The van der Waals surface area contributed by atoms with Gasteiger partial charge < -0.3 is 9.47 Å². The topological polar surface area (TPSA) is 81.7 Å². The number of carbonyl (C=O) groups is 1. The normalized spacial score (nSPS) is 24.6. The monoisotopic (exact) mass is 307 g/mol. The van der Waals surface area contributed by atoms with E-state index in [0.29, 0.717) is 25.9 Å². The van der Waals surface area contributed by atoms with Gasteiger partial charge in [-0.05, 0) is 19.3 Å². The van der Waals surface area contributed by atoms with Gasteiger partial charge in [0, 0.05) is 13.2 Å². The first-order chi connectivity index (χ1) is 9.46. The molecule has 0 bridgehead atoms.